The van der Waals surface area contributed by atoms with Crippen LogP contribution in [-0.4, -0.2) is 24.2 Å². The summed E-state index contributed by atoms with van der Waals surface area (Å²) in [6.45, 7) is 2.43. The van der Waals surface area contributed by atoms with E-state index < -0.39 is 5.97 Å². The van der Waals surface area contributed by atoms with Crippen LogP contribution in [0.2, 0.25) is 0 Å². The zero-order valence-corrected chi connectivity index (χ0v) is 14.2. The van der Waals surface area contributed by atoms with E-state index in [1.54, 1.807) is 36.4 Å². The molecule has 2 aromatic rings. The van der Waals surface area contributed by atoms with Crippen molar-refractivity contribution in [1.82, 2.24) is 0 Å². The van der Waals surface area contributed by atoms with Gasteiger partial charge in [0.15, 0.2) is 11.5 Å². The lowest BCUT2D eigenvalue weighted by Gasteiger charge is -2.12. The van der Waals surface area contributed by atoms with Crippen molar-refractivity contribution < 1.29 is 24.2 Å². The largest absolute Gasteiger partial charge is 0.493 e. The molecular weight excluding hydrogens is 322 g/mol. The van der Waals surface area contributed by atoms with Gasteiger partial charge in [0.05, 0.1) is 12.7 Å². The van der Waals surface area contributed by atoms with E-state index in [0.717, 1.165) is 17.7 Å². The highest BCUT2D eigenvalue weighted by molar-refractivity contribution is 5.88. The first-order valence-electron chi connectivity index (χ1n) is 7.98. The molecular formula is C19H21NO5. The lowest BCUT2D eigenvalue weighted by atomic mass is 10.1. The van der Waals surface area contributed by atoms with Crippen LogP contribution in [0.25, 0.3) is 0 Å². The molecule has 0 fully saturated rings. The minimum absolute atomic E-state index is 0.241. The summed E-state index contributed by atoms with van der Waals surface area (Å²) in [6, 6.07) is 11.9. The number of anilines is 1. The molecule has 0 radical (unpaired) electrons. The van der Waals surface area contributed by atoms with Crippen molar-refractivity contribution in [1.29, 1.82) is 0 Å². The third kappa shape index (κ3) is 5.24. The van der Waals surface area contributed by atoms with E-state index in [4.69, 9.17) is 14.6 Å². The monoisotopic (exact) mass is 343 g/mol. The molecule has 2 N–H and O–H groups in total. The molecule has 2 rings (SSSR count). The van der Waals surface area contributed by atoms with Crippen molar-refractivity contribution >= 4 is 17.6 Å². The maximum Gasteiger partial charge on any atom is 0.335 e. The average molecular weight is 343 g/mol. The van der Waals surface area contributed by atoms with Gasteiger partial charge in [0, 0.05) is 18.7 Å². The third-order valence-corrected chi connectivity index (χ3v) is 3.53. The Morgan fingerprint density at radius 1 is 1.08 bits per heavy atom. The number of hydrogen-bond acceptors (Lipinski definition) is 5. The van der Waals surface area contributed by atoms with Crippen molar-refractivity contribution in [2.75, 3.05) is 12.4 Å². The number of nitrogens with one attached hydrogen (secondary N) is 1. The standard InChI is InChI=1S/C19H21NO5/c1-3-4-18(21)25-16-10-5-13(11-17(16)24-2)12-20-15-8-6-14(7-9-15)19(22)23/h5-11,20H,3-4,12H2,1-2H3,(H,22,23). The first-order chi connectivity index (χ1) is 12.0. The van der Waals surface area contributed by atoms with E-state index in [9.17, 15) is 9.59 Å². The molecule has 0 atom stereocenters. The van der Waals surface area contributed by atoms with Crippen molar-refractivity contribution in [2.24, 2.45) is 0 Å². The molecule has 0 bridgehead atoms. The van der Waals surface area contributed by atoms with Gasteiger partial charge in [0.25, 0.3) is 0 Å². The van der Waals surface area contributed by atoms with Crippen molar-refractivity contribution in [3.63, 3.8) is 0 Å². The Hall–Kier alpha value is -3.02. The number of carbonyl (C=O) groups is 2. The summed E-state index contributed by atoms with van der Waals surface area (Å²) >= 11 is 0. The highest BCUT2D eigenvalue weighted by Gasteiger charge is 2.10. The van der Waals surface area contributed by atoms with E-state index >= 15 is 0 Å². The van der Waals surface area contributed by atoms with Gasteiger partial charge in [-0.1, -0.05) is 13.0 Å². The van der Waals surface area contributed by atoms with Gasteiger partial charge in [-0.25, -0.2) is 4.79 Å². The van der Waals surface area contributed by atoms with Crippen LogP contribution in [-0.2, 0) is 11.3 Å². The molecule has 0 heterocycles. The molecule has 6 heteroatoms. The predicted octanol–water partition coefficient (Wildman–Crippen LogP) is 3.71. The molecule has 132 valence electrons. The molecule has 2 aromatic carbocycles. The molecule has 0 saturated carbocycles. The van der Waals surface area contributed by atoms with Crippen LogP contribution < -0.4 is 14.8 Å². The van der Waals surface area contributed by atoms with Gasteiger partial charge in [-0.2, -0.15) is 0 Å². The molecule has 25 heavy (non-hydrogen) atoms. The smallest absolute Gasteiger partial charge is 0.335 e. The normalized spacial score (nSPS) is 10.2. The molecule has 0 saturated heterocycles. The van der Waals surface area contributed by atoms with Crippen LogP contribution >= 0.6 is 0 Å². The predicted molar refractivity (Wildman–Crippen MR) is 94.3 cm³/mol. The summed E-state index contributed by atoms with van der Waals surface area (Å²) in [5.41, 5.74) is 1.99. The van der Waals surface area contributed by atoms with Gasteiger partial charge in [-0.15, -0.1) is 0 Å². The Morgan fingerprint density at radius 2 is 1.80 bits per heavy atom. The van der Waals surface area contributed by atoms with E-state index in [1.165, 1.54) is 7.11 Å². The minimum atomic E-state index is -0.954. The number of carboxylic acids is 1. The number of hydrogen-bond donors (Lipinski definition) is 2. The van der Waals surface area contributed by atoms with Crippen LogP contribution in [0.5, 0.6) is 11.5 Å². The Bertz CT molecular complexity index is 740. The molecule has 6 nitrogen and oxygen atoms in total. The van der Waals surface area contributed by atoms with Crippen LogP contribution in [0.3, 0.4) is 0 Å². The van der Waals surface area contributed by atoms with E-state index in [2.05, 4.69) is 5.32 Å². The Kier molecular flexibility index (Phi) is 6.39. The first kappa shape index (κ1) is 18.3. The lowest BCUT2D eigenvalue weighted by Crippen LogP contribution is -2.08. The summed E-state index contributed by atoms with van der Waals surface area (Å²) in [5, 5.41) is 12.1. The zero-order valence-electron chi connectivity index (χ0n) is 14.2. The van der Waals surface area contributed by atoms with E-state index in [-0.39, 0.29) is 11.5 Å². The molecule has 0 aliphatic rings. The maximum absolute atomic E-state index is 11.6. The second-order valence-corrected chi connectivity index (χ2v) is 5.45. The summed E-state index contributed by atoms with van der Waals surface area (Å²) in [6.07, 6.45) is 1.09. The summed E-state index contributed by atoms with van der Waals surface area (Å²) in [4.78, 5) is 22.5. The number of methoxy groups -OCH3 is 1. The Balaban J connectivity index is 2.02. The average Bonchev–Trinajstić information content (AvgIpc) is 2.61. The summed E-state index contributed by atoms with van der Waals surface area (Å²) in [7, 11) is 1.52. The highest BCUT2D eigenvalue weighted by Crippen LogP contribution is 2.29. The zero-order chi connectivity index (χ0) is 18.2. The van der Waals surface area contributed by atoms with Gasteiger partial charge in [0.2, 0.25) is 0 Å². The number of benzene rings is 2. The number of rotatable bonds is 8. The Morgan fingerprint density at radius 3 is 2.40 bits per heavy atom. The topological polar surface area (TPSA) is 84.9 Å². The molecule has 0 aromatic heterocycles. The number of esters is 1. The van der Waals surface area contributed by atoms with Crippen LogP contribution in [0, 0.1) is 0 Å². The number of aromatic carboxylic acids is 1. The fourth-order valence-electron chi connectivity index (χ4n) is 2.22. The Labute approximate surface area is 146 Å². The molecule has 0 amide bonds. The second-order valence-electron chi connectivity index (χ2n) is 5.45. The fraction of sp³-hybridized carbons (Fsp3) is 0.263. The van der Waals surface area contributed by atoms with E-state index in [1.807, 2.05) is 13.0 Å². The third-order valence-electron chi connectivity index (χ3n) is 3.53. The van der Waals surface area contributed by atoms with Crippen molar-refractivity contribution in [3.8, 4) is 11.5 Å². The maximum atomic E-state index is 11.6. The first-order valence-corrected chi connectivity index (χ1v) is 7.98. The van der Waals surface area contributed by atoms with Crippen LogP contribution in [0.4, 0.5) is 5.69 Å². The summed E-state index contributed by atoms with van der Waals surface area (Å²) in [5.74, 6) is -0.352. The number of ether oxygens (including phenoxy) is 2. The second kappa shape index (κ2) is 8.73. The van der Waals surface area contributed by atoms with Crippen LogP contribution in [0.15, 0.2) is 42.5 Å². The molecule has 0 aliphatic carbocycles. The summed E-state index contributed by atoms with van der Waals surface area (Å²) < 4.78 is 10.6. The molecule has 0 unspecified atom stereocenters. The minimum Gasteiger partial charge on any atom is -0.493 e. The highest BCUT2D eigenvalue weighted by atomic mass is 16.6. The van der Waals surface area contributed by atoms with Gasteiger partial charge >= 0.3 is 11.9 Å². The van der Waals surface area contributed by atoms with E-state index in [0.29, 0.717) is 24.5 Å². The van der Waals surface area contributed by atoms with Crippen molar-refractivity contribution in [3.05, 3.63) is 53.6 Å². The quantitative estimate of drug-likeness (QED) is 0.561. The lowest BCUT2D eigenvalue weighted by molar-refractivity contribution is -0.134. The van der Waals surface area contributed by atoms with Gasteiger partial charge in [-0.3, -0.25) is 4.79 Å². The van der Waals surface area contributed by atoms with Crippen molar-refractivity contribution in [2.45, 2.75) is 26.3 Å². The molecule has 0 spiro atoms. The van der Waals surface area contributed by atoms with Gasteiger partial charge < -0.3 is 19.9 Å². The van der Waals surface area contributed by atoms with Gasteiger partial charge in [-0.05, 0) is 48.4 Å². The number of carbonyl (C=O) groups excluding carboxylic acids is 1. The number of carboxylic acid groups (broad SMARTS) is 1. The fourth-order valence-corrected chi connectivity index (χ4v) is 2.22. The van der Waals surface area contributed by atoms with Crippen LogP contribution in [0.1, 0.15) is 35.7 Å². The SMILES string of the molecule is CCCC(=O)Oc1ccc(CNc2ccc(C(=O)O)cc2)cc1OC. The molecule has 0 aliphatic heterocycles. The van der Waals surface area contributed by atoms with Gasteiger partial charge in [0.1, 0.15) is 0 Å².